The van der Waals surface area contributed by atoms with Gasteiger partial charge in [0.05, 0.1) is 5.60 Å². The lowest BCUT2D eigenvalue weighted by Gasteiger charge is -2.24. The number of hydrogen-bond acceptors (Lipinski definition) is 3. The Balaban J connectivity index is 2.29. The van der Waals surface area contributed by atoms with Gasteiger partial charge in [0, 0.05) is 18.5 Å². The van der Waals surface area contributed by atoms with Crippen LogP contribution < -0.4 is 0 Å². The van der Waals surface area contributed by atoms with Crippen LogP contribution in [0.5, 0.6) is 0 Å². The quantitative estimate of drug-likeness (QED) is 0.922. The Hall–Kier alpha value is -1.82. The van der Waals surface area contributed by atoms with Gasteiger partial charge >= 0.3 is 0 Å². The van der Waals surface area contributed by atoms with Gasteiger partial charge in [-0.1, -0.05) is 26.0 Å². The van der Waals surface area contributed by atoms with Gasteiger partial charge in [-0.2, -0.15) is 5.10 Å². The molecule has 1 aromatic heterocycles. The highest BCUT2D eigenvalue weighted by Gasteiger charge is 2.30. The molecule has 0 saturated carbocycles. The number of hydrogen-bond donors (Lipinski definition) is 1. The molecular formula is C15H19F2N3O. The Labute approximate surface area is 122 Å². The Bertz CT molecular complexity index is 623. The highest BCUT2D eigenvalue weighted by molar-refractivity contribution is 5.25. The number of aliphatic hydroxyl groups is 1. The second-order valence-corrected chi connectivity index (χ2v) is 5.80. The molecule has 2 rings (SSSR count). The van der Waals surface area contributed by atoms with E-state index in [0.717, 1.165) is 6.07 Å². The van der Waals surface area contributed by atoms with Crippen LogP contribution in [0.25, 0.3) is 0 Å². The molecule has 0 aliphatic carbocycles. The minimum absolute atomic E-state index is 0.0556. The molecule has 1 aromatic carbocycles. The first kappa shape index (κ1) is 15.6. The Kier molecular flexibility index (Phi) is 4.37. The molecule has 0 radical (unpaired) electrons. The highest BCUT2D eigenvalue weighted by Crippen LogP contribution is 2.28. The van der Waals surface area contributed by atoms with Crippen LogP contribution in [0.3, 0.4) is 0 Å². The monoisotopic (exact) mass is 295 g/mol. The third-order valence-corrected chi connectivity index (χ3v) is 3.27. The lowest BCUT2D eigenvalue weighted by atomic mass is 9.91. The normalized spacial score (nSPS) is 14.4. The van der Waals surface area contributed by atoms with Crippen LogP contribution in [0.4, 0.5) is 8.78 Å². The van der Waals surface area contributed by atoms with Crippen molar-refractivity contribution in [2.75, 3.05) is 0 Å². The van der Waals surface area contributed by atoms with Gasteiger partial charge in [-0.25, -0.2) is 18.4 Å². The third-order valence-electron chi connectivity index (χ3n) is 3.27. The minimum Gasteiger partial charge on any atom is -0.385 e. The molecule has 0 amide bonds. The standard InChI is InChI=1S/C15H19F2N3O/c1-10(2)8-20-13(18-9-19-20)7-15(3,21)11-5-4-6-12(16)14(11)17/h4-6,9-10,21H,7-8H2,1-3H3. The van der Waals surface area contributed by atoms with Crippen LogP contribution in [0.1, 0.15) is 32.2 Å². The van der Waals surface area contributed by atoms with Gasteiger partial charge < -0.3 is 5.11 Å². The molecule has 1 unspecified atom stereocenters. The molecule has 0 fully saturated rings. The maximum absolute atomic E-state index is 13.9. The predicted molar refractivity (Wildman–Crippen MR) is 74.5 cm³/mol. The molecule has 21 heavy (non-hydrogen) atoms. The van der Waals surface area contributed by atoms with Crippen molar-refractivity contribution in [1.82, 2.24) is 14.8 Å². The van der Waals surface area contributed by atoms with E-state index in [0.29, 0.717) is 18.3 Å². The van der Waals surface area contributed by atoms with Crippen LogP contribution in [-0.2, 0) is 18.6 Å². The van der Waals surface area contributed by atoms with Crippen molar-refractivity contribution in [3.63, 3.8) is 0 Å². The zero-order chi connectivity index (χ0) is 15.6. The van der Waals surface area contributed by atoms with Crippen molar-refractivity contribution in [2.45, 2.75) is 39.3 Å². The largest absolute Gasteiger partial charge is 0.385 e. The molecule has 114 valence electrons. The molecular weight excluding hydrogens is 276 g/mol. The predicted octanol–water partition coefficient (Wildman–Crippen LogP) is 2.66. The minimum atomic E-state index is -1.56. The van der Waals surface area contributed by atoms with Gasteiger partial charge in [-0.05, 0) is 18.9 Å². The fraction of sp³-hybridized carbons (Fsp3) is 0.467. The molecule has 0 spiro atoms. The first-order valence-electron chi connectivity index (χ1n) is 6.85. The summed E-state index contributed by atoms with van der Waals surface area (Å²) in [5.41, 5.74) is -1.64. The van der Waals surface area contributed by atoms with Crippen LogP contribution in [0.2, 0.25) is 0 Å². The van der Waals surface area contributed by atoms with Crippen LogP contribution in [0.15, 0.2) is 24.5 Å². The molecule has 0 aliphatic heterocycles. The molecule has 6 heteroatoms. The average molecular weight is 295 g/mol. The van der Waals surface area contributed by atoms with E-state index in [-0.39, 0.29) is 12.0 Å². The Morgan fingerprint density at radius 3 is 2.71 bits per heavy atom. The van der Waals surface area contributed by atoms with Crippen molar-refractivity contribution in [3.8, 4) is 0 Å². The first-order valence-corrected chi connectivity index (χ1v) is 6.85. The molecule has 2 aromatic rings. The van der Waals surface area contributed by atoms with Crippen LogP contribution in [-0.4, -0.2) is 19.9 Å². The van der Waals surface area contributed by atoms with E-state index in [1.165, 1.54) is 25.4 Å². The van der Waals surface area contributed by atoms with E-state index in [1.54, 1.807) is 4.68 Å². The molecule has 1 heterocycles. The Morgan fingerprint density at radius 1 is 1.33 bits per heavy atom. The van der Waals surface area contributed by atoms with E-state index in [1.807, 2.05) is 13.8 Å². The lowest BCUT2D eigenvalue weighted by molar-refractivity contribution is 0.0495. The third kappa shape index (κ3) is 3.44. The van der Waals surface area contributed by atoms with Crippen molar-refractivity contribution in [3.05, 3.63) is 47.5 Å². The van der Waals surface area contributed by atoms with E-state index in [2.05, 4.69) is 10.1 Å². The summed E-state index contributed by atoms with van der Waals surface area (Å²) in [5, 5.41) is 14.6. The number of rotatable bonds is 5. The number of nitrogens with zero attached hydrogens (tertiary/aromatic N) is 3. The second kappa shape index (κ2) is 5.89. The molecule has 0 saturated heterocycles. The summed E-state index contributed by atoms with van der Waals surface area (Å²) in [6, 6.07) is 3.78. The molecule has 1 atom stereocenters. The summed E-state index contributed by atoms with van der Waals surface area (Å²) < 4.78 is 28.9. The number of halogens is 2. The van der Waals surface area contributed by atoms with Gasteiger partial charge in [0.25, 0.3) is 0 Å². The Morgan fingerprint density at radius 2 is 2.05 bits per heavy atom. The SMILES string of the molecule is CC(C)Cn1ncnc1CC(C)(O)c1cccc(F)c1F. The van der Waals surface area contributed by atoms with E-state index in [9.17, 15) is 13.9 Å². The molecule has 0 bridgehead atoms. The van der Waals surface area contributed by atoms with Crippen molar-refractivity contribution in [2.24, 2.45) is 5.92 Å². The first-order chi connectivity index (χ1) is 9.81. The second-order valence-electron chi connectivity index (χ2n) is 5.80. The summed E-state index contributed by atoms with van der Waals surface area (Å²) >= 11 is 0. The van der Waals surface area contributed by atoms with Crippen molar-refractivity contribution in [1.29, 1.82) is 0 Å². The lowest BCUT2D eigenvalue weighted by Crippen LogP contribution is -2.28. The maximum atomic E-state index is 13.9. The van der Waals surface area contributed by atoms with Gasteiger partial charge in [0.1, 0.15) is 12.2 Å². The smallest absolute Gasteiger partial charge is 0.164 e. The highest BCUT2D eigenvalue weighted by atomic mass is 19.2. The summed E-state index contributed by atoms with van der Waals surface area (Å²) in [4.78, 5) is 4.11. The maximum Gasteiger partial charge on any atom is 0.164 e. The van der Waals surface area contributed by atoms with Gasteiger partial charge in [-0.3, -0.25) is 0 Å². The van der Waals surface area contributed by atoms with Crippen molar-refractivity contribution < 1.29 is 13.9 Å². The summed E-state index contributed by atoms with van der Waals surface area (Å²) in [6.07, 6.45) is 1.45. The molecule has 0 aliphatic rings. The van der Waals surface area contributed by atoms with Crippen molar-refractivity contribution >= 4 is 0 Å². The van der Waals surface area contributed by atoms with Gasteiger partial charge in [-0.15, -0.1) is 0 Å². The summed E-state index contributed by atoms with van der Waals surface area (Å²) in [6.45, 7) is 6.17. The van der Waals surface area contributed by atoms with E-state index < -0.39 is 17.2 Å². The van der Waals surface area contributed by atoms with Gasteiger partial charge in [0.2, 0.25) is 0 Å². The van der Waals surface area contributed by atoms with E-state index >= 15 is 0 Å². The fourth-order valence-corrected chi connectivity index (χ4v) is 2.25. The topological polar surface area (TPSA) is 50.9 Å². The molecule has 1 N–H and O–H groups in total. The number of aromatic nitrogens is 3. The van der Waals surface area contributed by atoms with Crippen LogP contribution in [0, 0.1) is 17.6 Å². The van der Waals surface area contributed by atoms with E-state index in [4.69, 9.17) is 0 Å². The number of benzene rings is 1. The summed E-state index contributed by atoms with van der Waals surface area (Å²) in [7, 11) is 0. The van der Waals surface area contributed by atoms with Crippen LogP contribution >= 0.6 is 0 Å². The fourth-order valence-electron chi connectivity index (χ4n) is 2.25. The molecule has 4 nitrogen and oxygen atoms in total. The average Bonchev–Trinajstić information content (AvgIpc) is 2.78. The van der Waals surface area contributed by atoms with Gasteiger partial charge in [0.15, 0.2) is 11.6 Å². The zero-order valence-corrected chi connectivity index (χ0v) is 12.3. The summed E-state index contributed by atoms with van der Waals surface area (Å²) in [5.74, 6) is -1.10. The zero-order valence-electron chi connectivity index (χ0n) is 12.3.